The van der Waals surface area contributed by atoms with Crippen molar-refractivity contribution in [1.82, 2.24) is 4.98 Å². The molecule has 1 rings (SSSR count). The van der Waals surface area contributed by atoms with E-state index in [1.165, 1.54) is 0 Å². The molecule has 0 aliphatic carbocycles. The zero-order valence-corrected chi connectivity index (χ0v) is 9.11. The third-order valence-corrected chi connectivity index (χ3v) is 2.52. The van der Waals surface area contributed by atoms with E-state index in [0.717, 1.165) is 6.20 Å². The van der Waals surface area contributed by atoms with Crippen LogP contribution < -0.4 is 0 Å². The number of pyridine rings is 1. The number of nitrogens with zero attached hydrogens (tertiary/aromatic N) is 2. The average Bonchev–Trinajstić information content (AvgIpc) is 2.16. The molecule has 0 aliphatic heterocycles. The van der Waals surface area contributed by atoms with Crippen LogP contribution in [0.4, 0.5) is 8.78 Å². The molecule has 1 aromatic rings. The van der Waals surface area contributed by atoms with Crippen LogP contribution in [0.15, 0.2) is 10.8 Å². The van der Waals surface area contributed by atoms with E-state index in [4.69, 9.17) is 16.9 Å². The van der Waals surface area contributed by atoms with Gasteiger partial charge in [-0.3, -0.25) is 0 Å². The van der Waals surface area contributed by atoms with Crippen LogP contribution in [-0.2, 0) is 5.88 Å². The molecule has 0 saturated carbocycles. The number of aromatic nitrogens is 1. The van der Waals surface area contributed by atoms with E-state index in [2.05, 4.69) is 20.9 Å². The molecule has 2 nitrogen and oxygen atoms in total. The number of halogens is 4. The summed E-state index contributed by atoms with van der Waals surface area (Å²) >= 11 is 8.49. The molecule has 0 bridgehead atoms. The topological polar surface area (TPSA) is 36.7 Å². The van der Waals surface area contributed by atoms with E-state index in [9.17, 15) is 8.78 Å². The molecule has 0 aliphatic rings. The van der Waals surface area contributed by atoms with Crippen molar-refractivity contribution in [3.63, 3.8) is 0 Å². The molecule has 14 heavy (non-hydrogen) atoms. The molecule has 0 fully saturated rings. The smallest absolute Gasteiger partial charge is 0.247 e. The monoisotopic (exact) mass is 280 g/mol. The first kappa shape index (κ1) is 11.3. The van der Waals surface area contributed by atoms with Gasteiger partial charge in [-0.2, -0.15) is 5.26 Å². The zero-order valence-electron chi connectivity index (χ0n) is 6.77. The Morgan fingerprint density at radius 3 is 2.71 bits per heavy atom. The van der Waals surface area contributed by atoms with Crippen molar-refractivity contribution >= 4 is 27.5 Å². The summed E-state index contributed by atoms with van der Waals surface area (Å²) in [6, 6.07) is 1.78. The van der Waals surface area contributed by atoms with Gasteiger partial charge >= 0.3 is 0 Å². The van der Waals surface area contributed by atoms with Crippen LogP contribution in [0.5, 0.6) is 0 Å². The second-order valence-electron chi connectivity index (χ2n) is 2.40. The number of nitriles is 1. The summed E-state index contributed by atoms with van der Waals surface area (Å²) in [7, 11) is 0. The molecule has 0 unspecified atom stereocenters. The highest BCUT2D eigenvalue weighted by Crippen LogP contribution is 2.29. The number of alkyl halides is 3. The van der Waals surface area contributed by atoms with Crippen LogP contribution in [-0.4, -0.2) is 4.98 Å². The normalized spacial score (nSPS) is 10.3. The molecule has 0 radical (unpaired) electrons. The zero-order chi connectivity index (χ0) is 10.7. The predicted octanol–water partition coefficient (Wildman–Crippen LogP) is 3.39. The second-order valence-corrected chi connectivity index (χ2v) is 3.42. The van der Waals surface area contributed by atoms with E-state index in [-0.39, 0.29) is 27.2 Å². The molecule has 0 aromatic carbocycles. The predicted molar refractivity (Wildman–Crippen MR) is 51.2 cm³/mol. The van der Waals surface area contributed by atoms with Crippen LogP contribution >= 0.6 is 27.5 Å². The molecule has 6 heteroatoms. The highest BCUT2D eigenvalue weighted by Gasteiger charge is 2.18. The van der Waals surface area contributed by atoms with E-state index < -0.39 is 6.43 Å². The molecule has 0 amide bonds. The molecule has 0 atom stereocenters. The van der Waals surface area contributed by atoms with Gasteiger partial charge < -0.3 is 0 Å². The van der Waals surface area contributed by atoms with Gasteiger partial charge in [0.15, 0.2) is 0 Å². The minimum absolute atomic E-state index is 0.0674. The maximum absolute atomic E-state index is 12.4. The molecule has 1 heterocycles. The summed E-state index contributed by atoms with van der Waals surface area (Å²) < 4.78 is 25.1. The summed E-state index contributed by atoms with van der Waals surface area (Å²) in [6.45, 7) is 0. The first-order valence-corrected chi connectivity index (χ1v) is 4.86. The third-order valence-electron chi connectivity index (χ3n) is 1.65. The first-order valence-electron chi connectivity index (χ1n) is 3.53. The lowest BCUT2D eigenvalue weighted by atomic mass is 10.1. The Morgan fingerprint density at radius 2 is 2.29 bits per heavy atom. The van der Waals surface area contributed by atoms with Crippen molar-refractivity contribution in [2.45, 2.75) is 12.3 Å². The van der Waals surface area contributed by atoms with Gasteiger partial charge in [0.25, 0.3) is 6.43 Å². The fraction of sp³-hybridized carbons (Fsp3) is 0.250. The number of hydrogen-bond donors (Lipinski definition) is 0. The van der Waals surface area contributed by atoms with Crippen molar-refractivity contribution in [3.8, 4) is 6.07 Å². The van der Waals surface area contributed by atoms with Crippen LogP contribution in [0.1, 0.15) is 23.1 Å². The highest BCUT2D eigenvalue weighted by atomic mass is 79.9. The Labute approximate surface area is 92.6 Å². The van der Waals surface area contributed by atoms with Crippen molar-refractivity contribution in [1.29, 1.82) is 5.26 Å². The third kappa shape index (κ3) is 2.02. The van der Waals surface area contributed by atoms with Gasteiger partial charge in [0, 0.05) is 17.6 Å². The van der Waals surface area contributed by atoms with Crippen LogP contribution in [0.25, 0.3) is 0 Å². The van der Waals surface area contributed by atoms with Crippen molar-refractivity contribution in [3.05, 3.63) is 27.5 Å². The summed E-state index contributed by atoms with van der Waals surface area (Å²) in [5, 5.41) is 8.71. The van der Waals surface area contributed by atoms with Gasteiger partial charge in [-0.1, -0.05) is 0 Å². The van der Waals surface area contributed by atoms with Crippen molar-refractivity contribution in [2.24, 2.45) is 0 Å². The van der Waals surface area contributed by atoms with Gasteiger partial charge in [-0.25, -0.2) is 13.8 Å². The second kappa shape index (κ2) is 4.67. The SMILES string of the molecule is N#Cc1c(Br)ncc(C(F)F)c1CCl. The molecular formula is C8H4BrClF2N2. The number of rotatable bonds is 2. The first-order chi connectivity index (χ1) is 6.61. The van der Waals surface area contributed by atoms with Crippen molar-refractivity contribution in [2.75, 3.05) is 0 Å². The molecule has 0 N–H and O–H groups in total. The Balaban J connectivity index is 3.42. The molecule has 0 spiro atoms. The Morgan fingerprint density at radius 1 is 1.64 bits per heavy atom. The Kier molecular flexibility index (Phi) is 3.78. The van der Waals surface area contributed by atoms with E-state index in [1.807, 2.05) is 0 Å². The van der Waals surface area contributed by atoms with Crippen molar-refractivity contribution < 1.29 is 8.78 Å². The fourth-order valence-corrected chi connectivity index (χ4v) is 1.70. The lowest BCUT2D eigenvalue weighted by Gasteiger charge is -2.08. The van der Waals surface area contributed by atoms with Gasteiger partial charge in [-0.15, -0.1) is 11.6 Å². The largest absolute Gasteiger partial charge is 0.265 e. The van der Waals surface area contributed by atoms with Crippen LogP contribution in [0, 0.1) is 11.3 Å². The summed E-state index contributed by atoms with van der Waals surface area (Å²) in [5.74, 6) is -0.135. The lowest BCUT2D eigenvalue weighted by Crippen LogP contribution is -1.99. The molecule has 1 aromatic heterocycles. The molecular weight excluding hydrogens is 277 g/mol. The van der Waals surface area contributed by atoms with E-state index in [0.29, 0.717) is 0 Å². The Bertz CT molecular complexity index is 390. The minimum Gasteiger partial charge on any atom is -0.247 e. The van der Waals surface area contributed by atoms with Crippen LogP contribution in [0.3, 0.4) is 0 Å². The molecule has 0 saturated heterocycles. The van der Waals surface area contributed by atoms with Crippen LogP contribution in [0.2, 0.25) is 0 Å². The minimum atomic E-state index is -2.67. The lowest BCUT2D eigenvalue weighted by molar-refractivity contribution is 0.150. The maximum atomic E-state index is 12.4. The fourth-order valence-electron chi connectivity index (χ4n) is 0.983. The van der Waals surface area contributed by atoms with E-state index >= 15 is 0 Å². The average molecular weight is 281 g/mol. The van der Waals surface area contributed by atoms with Gasteiger partial charge in [0.1, 0.15) is 10.7 Å². The maximum Gasteiger partial charge on any atom is 0.265 e. The van der Waals surface area contributed by atoms with E-state index in [1.54, 1.807) is 6.07 Å². The quantitative estimate of drug-likeness (QED) is 0.615. The standard InChI is InChI=1S/C8H4BrClF2N2/c9-7-5(2-13)4(1-10)6(3-14-7)8(11)12/h3,8H,1H2. The van der Waals surface area contributed by atoms with Gasteiger partial charge in [-0.05, 0) is 21.5 Å². The summed E-state index contributed by atoms with van der Waals surface area (Å²) in [4.78, 5) is 3.64. The summed E-state index contributed by atoms with van der Waals surface area (Å²) in [5.41, 5.74) is -0.0939. The summed E-state index contributed by atoms with van der Waals surface area (Å²) in [6.07, 6.45) is -1.65. The highest BCUT2D eigenvalue weighted by molar-refractivity contribution is 9.10. The molecule has 74 valence electrons. The van der Waals surface area contributed by atoms with Gasteiger partial charge in [0.2, 0.25) is 0 Å². The van der Waals surface area contributed by atoms with Gasteiger partial charge in [0.05, 0.1) is 5.56 Å². The number of hydrogen-bond acceptors (Lipinski definition) is 2. The Hall–Kier alpha value is -0.730.